The summed E-state index contributed by atoms with van der Waals surface area (Å²) in [5.74, 6) is 1.60. The van der Waals surface area contributed by atoms with E-state index in [1.54, 1.807) is 7.11 Å². The number of hydrogen-bond donors (Lipinski definition) is 1. The Kier molecular flexibility index (Phi) is 6.88. The summed E-state index contributed by atoms with van der Waals surface area (Å²) < 4.78 is 16.0. The summed E-state index contributed by atoms with van der Waals surface area (Å²) in [4.78, 5) is 31.3. The molecule has 36 heavy (non-hydrogen) atoms. The highest BCUT2D eigenvalue weighted by molar-refractivity contribution is 5.90. The number of carbonyl (C=O) groups excluding carboxylic acids is 1. The van der Waals surface area contributed by atoms with Crippen molar-refractivity contribution in [1.82, 2.24) is 15.0 Å². The van der Waals surface area contributed by atoms with Crippen LogP contribution in [0.1, 0.15) is 25.3 Å². The lowest BCUT2D eigenvalue weighted by Crippen LogP contribution is -2.44. The third-order valence-corrected chi connectivity index (χ3v) is 6.90. The molecule has 3 aromatic rings. The number of ether oxygens (including phenoxy) is 3. The number of benzene rings is 1. The summed E-state index contributed by atoms with van der Waals surface area (Å²) in [7, 11) is 2.99. The second kappa shape index (κ2) is 10.2. The maximum Gasteiger partial charge on any atom is 0.328 e. The predicted octanol–water partition coefficient (Wildman–Crippen LogP) is 2.56. The van der Waals surface area contributed by atoms with Crippen LogP contribution in [0, 0.1) is 0 Å². The maximum absolute atomic E-state index is 12.5. The van der Waals surface area contributed by atoms with E-state index in [0.717, 1.165) is 28.9 Å². The van der Waals surface area contributed by atoms with E-state index in [1.807, 2.05) is 35.2 Å². The van der Waals surface area contributed by atoms with Gasteiger partial charge >= 0.3 is 5.97 Å². The van der Waals surface area contributed by atoms with Gasteiger partial charge in [0.05, 0.1) is 51.2 Å². The van der Waals surface area contributed by atoms with Gasteiger partial charge < -0.3 is 29.1 Å². The zero-order chi connectivity index (χ0) is 25.2. The summed E-state index contributed by atoms with van der Waals surface area (Å²) in [5.41, 5.74) is 2.79. The summed E-state index contributed by atoms with van der Waals surface area (Å²) >= 11 is 0. The first-order valence-electron chi connectivity index (χ1n) is 12.2. The van der Waals surface area contributed by atoms with E-state index >= 15 is 0 Å². The van der Waals surface area contributed by atoms with Gasteiger partial charge in [-0.25, -0.2) is 9.78 Å². The number of hydrogen-bond acceptors (Lipinski definition) is 10. The van der Waals surface area contributed by atoms with Gasteiger partial charge in [0.2, 0.25) is 5.95 Å². The fourth-order valence-electron chi connectivity index (χ4n) is 4.98. The smallest absolute Gasteiger partial charge is 0.328 e. The molecule has 2 saturated heterocycles. The van der Waals surface area contributed by atoms with Crippen molar-refractivity contribution in [2.45, 2.75) is 38.5 Å². The van der Waals surface area contributed by atoms with E-state index in [0.29, 0.717) is 55.6 Å². The lowest BCUT2D eigenvalue weighted by atomic mass is 10.1. The Morgan fingerprint density at radius 3 is 2.75 bits per heavy atom. The molecule has 2 atom stereocenters. The van der Waals surface area contributed by atoms with Crippen LogP contribution in [0.3, 0.4) is 0 Å². The van der Waals surface area contributed by atoms with Crippen LogP contribution in [0.4, 0.5) is 11.8 Å². The van der Waals surface area contributed by atoms with Crippen LogP contribution < -0.4 is 14.5 Å². The number of aromatic nitrogens is 3. The Hall–Kier alpha value is -3.50. The average Bonchev–Trinajstić information content (AvgIpc) is 3.42. The van der Waals surface area contributed by atoms with Crippen molar-refractivity contribution in [1.29, 1.82) is 0 Å². The van der Waals surface area contributed by atoms with Crippen LogP contribution in [0.5, 0.6) is 5.75 Å². The third-order valence-electron chi connectivity index (χ3n) is 6.90. The highest BCUT2D eigenvalue weighted by atomic mass is 16.5. The van der Waals surface area contributed by atoms with Crippen molar-refractivity contribution < 1.29 is 24.1 Å². The van der Waals surface area contributed by atoms with Gasteiger partial charge in [-0.05, 0) is 50.1 Å². The Labute approximate surface area is 209 Å². The molecule has 0 radical (unpaired) electrons. The Balaban J connectivity index is 1.64. The highest BCUT2D eigenvalue weighted by Gasteiger charge is 2.34. The molecule has 190 valence electrons. The fourth-order valence-corrected chi connectivity index (χ4v) is 4.98. The van der Waals surface area contributed by atoms with Crippen molar-refractivity contribution in [3.05, 3.63) is 35.9 Å². The normalized spacial score (nSPS) is 20.1. The molecule has 10 heteroatoms. The molecule has 0 spiro atoms. The van der Waals surface area contributed by atoms with Crippen LogP contribution in [-0.2, 0) is 20.9 Å². The average molecular weight is 494 g/mol. The van der Waals surface area contributed by atoms with E-state index in [1.165, 1.54) is 7.11 Å². The molecule has 2 fully saturated rings. The number of nitrogens with zero attached hydrogens (tertiary/aromatic N) is 5. The number of pyridine rings is 1. The number of rotatable bonds is 6. The number of carbonyl (C=O) groups is 1. The first-order valence-corrected chi connectivity index (χ1v) is 12.2. The van der Waals surface area contributed by atoms with Crippen molar-refractivity contribution in [2.24, 2.45) is 0 Å². The molecule has 0 amide bonds. The molecular weight excluding hydrogens is 462 g/mol. The minimum Gasteiger partial charge on any atom is -0.496 e. The van der Waals surface area contributed by atoms with Gasteiger partial charge in [0.1, 0.15) is 17.6 Å². The molecule has 2 aliphatic rings. The number of aliphatic hydroxyl groups excluding tert-OH is 1. The number of morpholine rings is 1. The lowest BCUT2D eigenvalue weighted by Gasteiger charge is -2.35. The number of esters is 1. The Bertz CT molecular complexity index is 1270. The molecule has 0 bridgehead atoms. The van der Waals surface area contributed by atoms with Crippen LogP contribution >= 0.6 is 0 Å². The number of fused-ring (bicyclic) bond motifs is 1. The van der Waals surface area contributed by atoms with Gasteiger partial charge in [-0.1, -0.05) is 0 Å². The lowest BCUT2D eigenvalue weighted by molar-refractivity contribution is -0.141. The zero-order valence-electron chi connectivity index (χ0n) is 20.8. The summed E-state index contributed by atoms with van der Waals surface area (Å²) in [6.07, 6.45) is 1.55. The Morgan fingerprint density at radius 1 is 1.14 bits per heavy atom. The van der Waals surface area contributed by atoms with Crippen molar-refractivity contribution in [3.63, 3.8) is 0 Å². The van der Waals surface area contributed by atoms with Gasteiger partial charge in [0.15, 0.2) is 5.65 Å². The van der Waals surface area contributed by atoms with Gasteiger partial charge in [0, 0.05) is 24.2 Å². The molecule has 2 aromatic heterocycles. The maximum atomic E-state index is 12.5. The van der Waals surface area contributed by atoms with E-state index < -0.39 is 6.04 Å². The second-order valence-corrected chi connectivity index (χ2v) is 9.09. The molecule has 4 heterocycles. The molecule has 0 unspecified atom stereocenters. The van der Waals surface area contributed by atoms with E-state index in [-0.39, 0.29) is 18.6 Å². The quantitative estimate of drug-likeness (QED) is 0.515. The molecule has 10 nitrogen and oxygen atoms in total. The van der Waals surface area contributed by atoms with Gasteiger partial charge in [0.25, 0.3) is 0 Å². The minimum absolute atomic E-state index is 0.132. The minimum atomic E-state index is -0.417. The molecular formula is C26H31N5O5. The molecule has 0 saturated carbocycles. The summed E-state index contributed by atoms with van der Waals surface area (Å²) in [6, 6.07) is 9.25. The van der Waals surface area contributed by atoms with Crippen molar-refractivity contribution >= 4 is 28.8 Å². The molecule has 5 rings (SSSR count). The van der Waals surface area contributed by atoms with Crippen LogP contribution in [0.25, 0.3) is 22.3 Å². The third kappa shape index (κ3) is 4.42. The van der Waals surface area contributed by atoms with Crippen LogP contribution in [0.15, 0.2) is 30.3 Å². The van der Waals surface area contributed by atoms with Gasteiger partial charge in [-0.15, -0.1) is 0 Å². The zero-order valence-corrected chi connectivity index (χ0v) is 20.8. The molecule has 0 aliphatic carbocycles. The van der Waals surface area contributed by atoms with Crippen LogP contribution in [-0.4, -0.2) is 78.6 Å². The monoisotopic (exact) mass is 493 g/mol. The number of anilines is 2. The van der Waals surface area contributed by atoms with Crippen LogP contribution in [0.2, 0.25) is 0 Å². The summed E-state index contributed by atoms with van der Waals surface area (Å²) in [5, 5.41) is 10.6. The fraction of sp³-hybridized carbons (Fsp3) is 0.462. The highest BCUT2D eigenvalue weighted by Crippen LogP contribution is 2.33. The first-order chi connectivity index (χ1) is 17.5. The first kappa shape index (κ1) is 24.2. The van der Waals surface area contributed by atoms with Crippen molar-refractivity contribution in [3.8, 4) is 17.0 Å². The van der Waals surface area contributed by atoms with Gasteiger partial charge in [-0.3, -0.25) is 0 Å². The number of methoxy groups -OCH3 is 2. The Morgan fingerprint density at radius 2 is 2.00 bits per heavy atom. The van der Waals surface area contributed by atoms with E-state index in [2.05, 4.69) is 11.8 Å². The topological polar surface area (TPSA) is 110 Å². The van der Waals surface area contributed by atoms with E-state index in [4.69, 9.17) is 29.2 Å². The standard InChI is InChI=1S/C26H31N5O5/c1-16-15-36-12-11-30(16)24-19-7-8-20(17-6-9-22(34-2)18(13-17)14-32)27-23(19)28-26(29-24)31-10-4-5-21(31)25(33)35-3/h6-9,13,16,21,32H,4-5,10-12,14-15H2,1-3H3/t16-,21-/m0/s1. The SMILES string of the molecule is COC(=O)[C@@H]1CCCN1c1nc(N2CCOC[C@@H]2C)c2ccc(-c3ccc(OC)c(CO)c3)nc2n1. The molecule has 2 aliphatic heterocycles. The second-order valence-electron chi connectivity index (χ2n) is 9.09. The molecule has 1 N–H and O–H groups in total. The largest absolute Gasteiger partial charge is 0.496 e. The summed E-state index contributed by atoms with van der Waals surface area (Å²) in [6.45, 7) is 4.56. The molecule has 1 aromatic carbocycles. The van der Waals surface area contributed by atoms with Crippen molar-refractivity contribution in [2.75, 3.05) is 50.3 Å². The van der Waals surface area contributed by atoms with E-state index in [9.17, 15) is 9.90 Å². The van der Waals surface area contributed by atoms with Gasteiger partial charge in [-0.2, -0.15) is 9.97 Å². The predicted molar refractivity (Wildman–Crippen MR) is 135 cm³/mol. The number of aliphatic hydroxyl groups is 1.